The van der Waals surface area contributed by atoms with Gasteiger partial charge in [0.1, 0.15) is 0 Å². The summed E-state index contributed by atoms with van der Waals surface area (Å²) < 4.78 is 0. The van der Waals surface area contributed by atoms with Gasteiger partial charge in [0.15, 0.2) is 0 Å². The molecule has 0 saturated heterocycles. The van der Waals surface area contributed by atoms with E-state index in [1.807, 2.05) is 60.7 Å². The zero-order valence-electron chi connectivity index (χ0n) is 24.8. The zero-order chi connectivity index (χ0) is 29.6. The Morgan fingerprint density at radius 3 is 1.28 bits per heavy atom. The Labute approximate surface area is 289 Å². The van der Waals surface area contributed by atoms with Crippen LogP contribution in [0.5, 0.6) is 0 Å². The van der Waals surface area contributed by atoms with Crippen molar-refractivity contribution in [2.45, 2.75) is 0 Å². The fourth-order valence-electron chi connectivity index (χ4n) is 5.40. The third-order valence-electron chi connectivity index (χ3n) is 7.41. The number of fused-ring (bicyclic) bond motifs is 8. The first-order valence-corrected chi connectivity index (χ1v) is 14.7. The molecule has 7 aromatic rings. The molecule has 2 aliphatic heterocycles. The molecule has 0 amide bonds. The van der Waals surface area contributed by atoms with Crippen LogP contribution in [-0.2, 0) is 34.1 Å². The molecule has 3 aromatic heterocycles. The zero-order valence-corrected chi connectivity index (χ0v) is 27.0. The molecule has 2 N–H and O–H groups in total. The van der Waals surface area contributed by atoms with Crippen molar-refractivity contribution in [3.63, 3.8) is 0 Å². The topological polar surface area (TPSA) is 57.4 Å². The number of aromatic nitrogens is 4. The van der Waals surface area contributed by atoms with Gasteiger partial charge >= 0.3 is 34.1 Å². The predicted molar refractivity (Wildman–Crippen MR) is 185 cm³/mol. The molecule has 0 atom stereocenters. The Hall–Kier alpha value is -4.96. The summed E-state index contributed by atoms with van der Waals surface area (Å²) >= 11 is 0. The molecule has 5 heterocycles. The second-order valence-corrected chi connectivity index (χ2v) is 10.5. The third-order valence-corrected chi connectivity index (χ3v) is 7.41. The average molecular weight is 678 g/mol. The van der Waals surface area contributed by atoms with Crippen molar-refractivity contribution in [3.05, 3.63) is 168 Å². The van der Waals surface area contributed by atoms with E-state index in [9.17, 15) is 0 Å². The summed E-state index contributed by atoms with van der Waals surface area (Å²) in [6.07, 6.45) is 8.27. The normalized spacial score (nSPS) is 11.0. The van der Waals surface area contributed by atoms with Gasteiger partial charge in [0.25, 0.3) is 0 Å². The summed E-state index contributed by atoms with van der Waals surface area (Å²) in [4.78, 5) is 17.1. The monoisotopic (exact) mass is 678 g/mol. The molecular weight excluding hydrogens is 648 g/mol. The standard InChI is InChI=1S/C30H20N4.2C5H5.2Fe/c1-2-6-19(5-1)29-25-13-9-21(31-25)17-23-11-15-27(33-23)30(20-7-3-4-8-20)28-16-12-24(34-28)18-22-10-14-26(29)32-22;2*1-2-4-5-3-1;;/h1-18,31-32H;2*1-5H;;/q-2;2*-1;2*+2. The maximum Gasteiger partial charge on any atom is 2.00 e. The van der Waals surface area contributed by atoms with Gasteiger partial charge in [-0.2, -0.15) is 60.7 Å². The fourth-order valence-corrected chi connectivity index (χ4v) is 5.40. The van der Waals surface area contributed by atoms with Gasteiger partial charge in [0, 0.05) is 22.4 Å². The second kappa shape index (κ2) is 15.4. The van der Waals surface area contributed by atoms with Crippen molar-refractivity contribution in [2.24, 2.45) is 0 Å². The number of H-pyrrole nitrogens is 2. The van der Waals surface area contributed by atoms with E-state index in [0.29, 0.717) is 0 Å². The van der Waals surface area contributed by atoms with Gasteiger partial charge in [-0.25, -0.2) is 24.3 Å². The smallest absolute Gasteiger partial charge is 0.387 e. The van der Waals surface area contributed by atoms with Gasteiger partial charge in [-0.15, -0.1) is 24.3 Å². The van der Waals surface area contributed by atoms with E-state index in [4.69, 9.17) is 9.97 Å². The predicted octanol–water partition coefficient (Wildman–Crippen LogP) is 10.2. The van der Waals surface area contributed by atoms with Gasteiger partial charge in [0.05, 0.1) is 11.4 Å². The van der Waals surface area contributed by atoms with Crippen molar-refractivity contribution < 1.29 is 34.1 Å². The van der Waals surface area contributed by atoms with Crippen LogP contribution < -0.4 is 0 Å². The van der Waals surface area contributed by atoms with Gasteiger partial charge in [-0.3, -0.25) is 9.97 Å². The summed E-state index contributed by atoms with van der Waals surface area (Å²) in [5.74, 6) is 0. The molecule has 4 aromatic carbocycles. The van der Waals surface area contributed by atoms with Crippen LogP contribution in [0.15, 0.2) is 146 Å². The van der Waals surface area contributed by atoms with Crippen molar-refractivity contribution in [1.82, 2.24) is 19.9 Å². The molecule has 0 fully saturated rings. The second-order valence-electron chi connectivity index (χ2n) is 10.5. The molecule has 2 aliphatic rings. The minimum absolute atomic E-state index is 0. The molecule has 0 unspecified atom stereocenters. The number of rotatable bonds is 2. The Morgan fingerprint density at radius 1 is 0.478 bits per heavy atom. The molecule has 226 valence electrons. The fraction of sp³-hybridized carbons (Fsp3) is 0. The molecule has 0 aliphatic carbocycles. The van der Waals surface area contributed by atoms with Crippen molar-refractivity contribution in [2.75, 3.05) is 0 Å². The Balaban J connectivity index is 0.000000298. The summed E-state index contributed by atoms with van der Waals surface area (Å²) in [5, 5.41) is 0. The summed E-state index contributed by atoms with van der Waals surface area (Å²) in [5.41, 5.74) is 12.3. The van der Waals surface area contributed by atoms with E-state index >= 15 is 0 Å². The molecule has 6 heteroatoms. The van der Waals surface area contributed by atoms with Crippen LogP contribution >= 0.6 is 0 Å². The Kier molecular flexibility index (Phi) is 10.8. The maximum atomic E-state index is 4.95. The number of hydrogen-bond donors (Lipinski definition) is 2. The van der Waals surface area contributed by atoms with E-state index in [1.54, 1.807) is 0 Å². The van der Waals surface area contributed by atoms with Gasteiger partial charge in [-0.1, -0.05) is 46.5 Å². The molecule has 8 bridgehead atoms. The van der Waals surface area contributed by atoms with Crippen LogP contribution in [-0.4, -0.2) is 19.9 Å². The van der Waals surface area contributed by atoms with E-state index in [1.165, 1.54) is 5.56 Å². The van der Waals surface area contributed by atoms with Crippen LogP contribution in [0.25, 0.3) is 68.6 Å². The summed E-state index contributed by atoms with van der Waals surface area (Å²) in [6, 6.07) is 49.4. The largest absolute Gasteiger partial charge is 2.00 e. The number of nitrogens with one attached hydrogen (secondary N) is 2. The van der Waals surface area contributed by atoms with Gasteiger partial charge in [-0.05, 0) is 47.5 Å². The minimum Gasteiger partial charge on any atom is -0.387 e. The van der Waals surface area contributed by atoms with Crippen LogP contribution in [0.3, 0.4) is 0 Å². The summed E-state index contributed by atoms with van der Waals surface area (Å²) in [7, 11) is 0. The first-order chi connectivity index (χ1) is 21.8. The van der Waals surface area contributed by atoms with E-state index in [-0.39, 0.29) is 34.1 Å². The van der Waals surface area contributed by atoms with Gasteiger partial charge < -0.3 is 9.97 Å². The SMILES string of the molecule is C1=Cc2nc1cc1ccc([nH]1)c(-[c-]1cccc1)c1ccc(cc3nc(c2-[c-]2cccc2)C=C3)[nH]1.[Fe+2].[Fe+2].c1cc[cH-]c1.c1cc[cH-]c1. The average Bonchev–Trinajstić information content (AvgIpc) is 3.90. The maximum absolute atomic E-state index is 4.95. The van der Waals surface area contributed by atoms with Crippen LogP contribution in [0.2, 0.25) is 0 Å². The van der Waals surface area contributed by atoms with Crippen molar-refractivity contribution in [3.8, 4) is 22.3 Å². The van der Waals surface area contributed by atoms with Crippen molar-refractivity contribution >= 4 is 46.4 Å². The molecule has 4 nitrogen and oxygen atoms in total. The van der Waals surface area contributed by atoms with E-state index in [0.717, 1.165) is 61.5 Å². The number of aromatic amines is 2. The molecule has 0 radical (unpaired) electrons. The van der Waals surface area contributed by atoms with Crippen molar-refractivity contribution in [1.29, 1.82) is 0 Å². The molecule has 9 rings (SSSR count). The molecule has 0 spiro atoms. The third kappa shape index (κ3) is 7.46. The van der Waals surface area contributed by atoms with E-state index in [2.05, 4.69) is 119 Å². The summed E-state index contributed by atoms with van der Waals surface area (Å²) in [6.45, 7) is 0. The number of nitrogens with zero attached hydrogens (tertiary/aromatic N) is 2. The Bertz CT molecular complexity index is 2000. The first-order valence-electron chi connectivity index (χ1n) is 14.7. The molecule has 46 heavy (non-hydrogen) atoms. The quantitative estimate of drug-likeness (QED) is 0.141. The van der Waals surface area contributed by atoms with Gasteiger partial charge in [0.2, 0.25) is 0 Å². The van der Waals surface area contributed by atoms with Crippen LogP contribution in [0.4, 0.5) is 0 Å². The minimum atomic E-state index is 0. The molecular formula is C40H30Fe2N4. The Morgan fingerprint density at radius 2 is 0.891 bits per heavy atom. The molecule has 0 saturated carbocycles. The van der Waals surface area contributed by atoms with Crippen LogP contribution in [0.1, 0.15) is 22.8 Å². The number of hydrogen-bond acceptors (Lipinski definition) is 2. The van der Waals surface area contributed by atoms with Crippen LogP contribution in [0, 0.1) is 0 Å². The van der Waals surface area contributed by atoms with E-state index < -0.39 is 0 Å². The first kappa shape index (κ1) is 32.4.